The minimum atomic E-state index is -3.57. The minimum absolute atomic E-state index is 0.00247. The monoisotopic (exact) mass is 1100 g/mol. The van der Waals surface area contributed by atoms with E-state index in [1.165, 1.54) is 62.9 Å². The molecule has 6 aromatic rings. The van der Waals surface area contributed by atoms with Gasteiger partial charge in [-0.25, -0.2) is 16.8 Å². The summed E-state index contributed by atoms with van der Waals surface area (Å²) in [4.78, 5) is 41.0. The molecule has 0 radical (unpaired) electrons. The molecular weight excluding hydrogens is 1040 g/mol. The molecule has 2 aromatic carbocycles. The van der Waals surface area contributed by atoms with Crippen LogP contribution in [0.15, 0.2) is 95.2 Å². The van der Waals surface area contributed by atoms with Gasteiger partial charge in [0.15, 0.2) is 19.7 Å². The number of aliphatic hydroxyl groups is 2. The van der Waals surface area contributed by atoms with Gasteiger partial charge in [-0.3, -0.25) is 30.2 Å². The average Bonchev–Trinajstić information content (AvgIpc) is 3.36. The molecule has 0 unspecified atom stereocenters. The highest BCUT2D eigenvalue weighted by molar-refractivity contribution is 7.91. The first-order valence-electron chi connectivity index (χ1n) is 22.4. The molecule has 6 N–H and O–H groups in total. The Morgan fingerprint density at radius 2 is 0.932 bits per heavy atom. The Morgan fingerprint density at radius 3 is 1.27 bits per heavy atom. The molecule has 394 valence electrons. The van der Waals surface area contributed by atoms with Crippen molar-refractivity contribution in [2.24, 2.45) is 0 Å². The lowest BCUT2D eigenvalue weighted by Gasteiger charge is -2.24. The second-order valence-corrected chi connectivity index (χ2v) is 22.6. The molecule has 2 atom stereocenters. The summed E-state index contributed by atoms with van der Waals surface area (Å²) in [5.41, 5.74) is 3.06. The molecule has 74 heavy (non-hydrogen) atoms. The van der Waals surface area contributed by atoms with E-state index < -0.39 is 55.9 Å². The van der Waals surface area contributed by atoms with E-state index in [9.17, 15) is 46.9 Å². The zero-order valence-corrected chi connectivity index (χ0v) is 44.1. The number of carboxylic acid groups (broad SMARTS) is 2. The van der Waals surface area contributed by atoms with Crippen LogP contribution in [0.3, 0.4) is 0 Å². The van der Waals surface area contributed by atoms with Crippen molar-refractivity contribution >= 4 is 54.8 Å². The maximum atomic E-state index is 12.2. The van der Waals surface area contributed by atoms with Gasteiger partial charge in [-0.05, 0) is 85.3 Å². The minimum Gasteiger partial charge on any atom is -0.480 e. The Morgan fingerprint density at radius 1 is 0.568 bits per heavy atom. The molecule has 4 aromatic heterocycles. The van der Waals surface area contributed by atoms with E-state index in [4.69, 9.17) is 42.1 Å². The van der Waals surface area contributed by atoms with Crippen LogP contribution in [-0.2, 0) is 68.8 Å². The third-order valence-electron chi connectivity index (χ3n) is 11.9. The van der Waals surface area contributed by atoms with Crippen LogP contribution in [0.25, 0.3) is 11.1 Å². The van der Waals surface area contributed by atoms with Gasteiger partial charge in [0.25, 0.3) is 0 Å². The van der Waals surface area contributed by atoms with Crippen LogP contribution in [-0.4, -0.2) is 106 Å². The number of carboxylic acids is 2. The van der Waals surface area contributed by atoms with Gasteiger partial charge < -0.3 is 39.4 Å². The van der Waals surface area contributed by atoms with Crippen molar-refractivity contribution in [3.8, 4) is 34.6 Å². The van der Waals surface area contributed by atoms with Crippen molar-refractivity contribution in [2.75, 3.05) is 25.7 Å². The summed E-state index contributed by atoms with van der Waals surface area (Å²) < 4.78 is 73.3. The van der Waals surface area contributed by atoms with E-state index in [0.29, 0.717) is 22.3 Å². The standard InChI is InChI=1S/C50H54Cl2N6O14S2/c1-29-33(25-71-45-41(51)15-35(19-55-49(3,27-59)47(61)62)43(57-45)69-23-31-13-37(21-53-17-31)73(5,65)66)9-7-11-39(29)40-12-8-10-34(30(40)2)26-72-46-42(52)16-36(20-56-50(4,28-60)48(63)64)44(58-46)70-24-32-14-38(22-54-18-32)74(6,67)68/h7-18,21-22,55-56,59-60H,19-20,23-28H2,1-6H3,(H,61,62)(H,63,64)/t49-,50-/m0/s1. The number of aliphatic hydroxyl groups excluding tert-OH is 2. The third-order valence-corrected chi connectivity index (χ3v) is 14.6. The number of nitrogens with zero attached hydrogens (tertiary/aromatic N) is 4. The number of hydrogen-bond acceptors (Lipinski definition) is 18. The SMILES string of the molecule is Cc1c(COc2nc(OCc3cncc(S(C)(=O)=O)c3)c(CN[C@@](C)(CO)C(=O)O)cc2Cl)cccc1-c1cccc(COc2nc(OCc3cncc(S(C)(=O)=O)c3)c(CN[C@@](C)(CO)C(=O)O)cc2Cl)c1C. The van der Waals surface area contributed by atoms with E-state index in [1.54, 1.807) is 0 Å². The smallest absolute Gasteiger partial charge is 0.326 e. The van der Waals surface area contributed by atoms with Gasteiger partial charge >= 0.3 is 11.9 Å². The molecule has 0 saturated carbocycles. The fourth-order valence-electron chi connectivity index (χ4n) is 7.02. The van der Waals surface area contributed by atoms with Crippen LogP contribution in [0.2, 0.25) is 10.0 Å². The molecule has 0 bridgehead atoms. The first kappa shape index (κ1) is 56.8. The van der Waals surface area contributed by atoms with Gasteiger partial charge in [0.1, 0.15) is 47.6 Å². The Labute approximate surface area is 437 Å². The largest absolute Gasteiger partial charge is 0.480 e. The number of ether oxygens (including phenoxy) is 4. The van der Waals surface area contributed by atoms with Crippen molar-refractivity contribution in [3.63, 3.8) is 0 Å². The molecule has 0 fully saturated rings. The fourth-order valence-corrected chi connectivity index (χ4v) is 8.71. The number of pyridine rings is 4. The van der Waals surface area contributed by atoms with E-state index in [2.05, 4.69) is 30.6 Å². The number of aliphatic carboxylic acids is 2. The molecular formula is C50H54Cl2N6O14S2. The number of sulfone groups is 2. The number of benzene rings is 2. The zero-order chi connectivity index (χ0) is 54.2. The van der Waals surface area contributed by atoms with Gasteiger partial charge in [0.2, 0.25) is 23.5 Å². The quantitative estimate of drug-likeness (QED) is 0.0393. The van der Waals surface area contributed by atoms with Gasteiger partial charge in [-0.2, -0.15) is 9.97 Å². The van der Waals surface area contributed by atoms with Gasteiger partial charge in [0.05, 0.1) is 23.0 Å². The lowest BCUT2D eigenvalue weighted by atomic mass is 9.92. The fraction of sp³-hybridized carbons (Fsp3) is 0.320. The summed E-state index contributed by atoms with van der Waals surface area (Å²) in [5.74, 6) is -2.62. The van der Waals surface area contributed by atoms with Crippen molar-refractivity contribution in [3.05, 3.63) is 140 Å². The Bertz CT molecular complexity index is 3080. The van der Waals surface area contributed by atoms with Crippen LogP contribution in [0, 0.1) is 13.8 Å². The van der Waals surface area contributed by atoms with Gasteiger partial charge in [-0.1, -0.05) is 59.6 Å². The summed E-state index contributed by atoms with van der Waals surface area (Å²) in [6.45, 7) is 4.41. The average molecular weight is 1100 g/mol. The lowest BCUT2D eigenvalue weighted by Crippen LogP contribution is -2.52. The van der Waals surface area contributed by atoms with E-state index >= 15 is 0 Å². The molecule has 0 saturated heterocycles. The highest BCUT2D eigenvalue weighted by atomic mass is 35.5. The first-order chi connectivity index (χ1) is 34.8. The molecule has 0 amide bonds. The highest BCUT2D eigenvalue weighted by Gasteiger charge is 2.33. The summed E-state index contributed by atoms with van der Waals surface area (Å²) in [7, 11) is -7.15. The number of halogens is 2. The van der Waals surface area contributed by atoms with Crippen LogP contribution in [0.4, 0.5) is 0 Å². The van der Waals surface area contributed by atoms with Crippen molar-refractivity contribution in [1.82, 2.24) is 30.6 Å². The lowest BCUT2D eigenvalue weighted by molar-refractivity contribution is -0.146. The summed E-state index contributed by atoms with van der Waals surface area (Å²) in [6, 6.07) is 17.2. The molecule has 4 heterocycles. The predicted octanol–water partition coefficient (Wildman–Crippen LogP) is 5.83. The molecule has 0 spiro atoms. The first-order valence-corrected chi connectivity index (χ1v) is 26.9. The summed E-state index contributed by atoms with van der Waals surface area (Å²) >= 11 is 13.4. The second-order valence-electron chi connectivity index (χ2n) is 17.7. The number of carbonyl (C=O) groups is 2. The van der Waals surface area contributed by atoms with Crippen molar-refractivity contribution < 1.29 is 65.8 Å². The van der Waals surface area contributed by atoms with E-state index in [-0.39, 0.29) is 82.9 Å². The normalized spacial score (nSPS) is 13.4. The van der Waals surface area contributed by atoms with Gasteiger partial charge in [0, 0.05) is 72.6 Å². The summed E-state index contributed by atoms with van der Waals surface area (Å²) in [5, 5.41) is 44.9. The zero-order valence-electron chi connectivity index (χ0n) is 41.0. The second kappa shape index (κ2) is 23.8. The number of rotatable bonds is 25. The molecule has 0 aliphatic heterocycles. The van der Waals surface area contributed by atoms with Crippen LogP contribution in [0.1, 0.15) is 58.4 Å². The van der Waals surface area contributed by atoms with Crippen molar-refractivity contribution in [2.45, 2.75) is 88.1 Å². The number of hydrogen-bond donors (Lipinski definition) is 6. The Hall–Kier alpha value is -6.50. The molecule has 0 aliphatic carbocycles. The van der Waals surface area contributed by atoms with Gasteiger partial charge in [-0.15, -0.1) is 0 Å². The summed E-state index contributed by atoms with van der Waals surface area (Å²) in [6.07, 6.45) is 7.41. The van der Waals surface area contributed by atoms with Crippen molar-refractivity contribution in [1.29, 1.82) is 0 Å². The molecule has 24 heteroatoms. The topological polar surface area (TPSA) is 296 Å². The van der Waals surface area contributed by atoms with Crippen LogP contribution >= 0.6 is 23.2 Å². The predicted molar refractivity (Wildman–Crippen MR) is 272 cm³/mol. The third kappa shape index (κ3) is 14.0. The van der Waals surface area contributed by atoms with Crippen LogP contribution < -0.4 is 29.6 Å². The molecule has 0 aliphatic rings. The van der Waals surface area contributed by atoms with Crippen LogP contribution in [0.5, 0.6) is 23.5 Å². The van der Waals surface area contributed by atoms with E-state index in [1.807, 2.05) is 50.2 Å². The Balaban J connectivity index is 1.23. The maximum absolute atomic E-state index is 12.2. The Kier molecular flexibility index (Phi) is 18.3. The number of nitrogens with one attached hydrogen (secondary N) is 2. The molecule has 20 nitrogen and oxygen atoms in total. The highest BCUT2D eigenvalue weighted by Crippen LogP contribution is 2.35. The van der Waals surface area contributed by atoms with E-state index in [0.717, 1.165) is 45.9 Å². The molecule has 6 rings (SSSR count). The maximum Gasteiger partial charge on any atom is 0.326 e. The number of aromatic nitrogens is 4.